The first kappa shape index (κ1) is 15.3. The predicted molar refractivity (Wildman–Crippen MR) is 85.9 cm³/mol. The van der Waals surface area contributed by atoms with E-state index in [2.05, 4.69) is 10.6 Å². The van der Waals surface area contributed by atoms with E-state index >= 15 is 0 Å². The third kappa shape index (κ3) is 3.11. The lowest BCUT2D eigenvalue weighted by atomic mass is 10.1. The Labute approximate surface area is 136 Å². The molecule has 22 heavy (non-hydrogen) atoms. The van der Waals surface area contributed by atoms with E-state index < -0.39 is 5.91 Å². The molecule has 1 aromatic heterocycles. The van der Waals surface area contributed by atoms with E-state index in [-0.39, 0.29) is 32.9 Å². The van der Waals surface area contributed by atoms with Crippen LogP contribution in [-0.2, 0) is 0 Å². The van der Waals surface area contributed by atoms with Gasteiger partial charge in [-0.15, -0.1) is 0 Å². The Bertz CT molecular complexity index is 782. The van der Waals surface area contributed by atoms with E-state index in [0.717, 1.165) is 25.9 Å². The van der Waals surface area contributed by atoms with Gasteiger partial charge in [0.15, 0.2) is 11.2 Å². The van der Waals surface area contributed by atoms with Gasteiger partial charge in [-0.2, -0.15) is 0 Å². The average Bonchev–Trinajstić information content (AvgIpc) is 2.50. The van der Waals surface area contributed by atoms with Gasteiger partial charge in [0.05, 0.1) is 15.4 Å². The number of halogens is 2. The molecule has 2 N–H and O–H groups in total. The molecule has 3 rings (SSSR count). The summed E-state index contributed by atoms with van der Waals surface area (Å²) in [6.45, 7) is 1.72. The first-order chi connectivity index (χ1) is 10.5. The molecule has 1 aliphatic rings. The molecule has 1 fully saturated rings. The van der Waals surface area contributed by atoms with Gasteiger partial charge in [-0.1, -0.05) is 23.2 Å². The number of benzene rings is 1. The van der Waals surface area contributed by atoms with Crippen molar-refractivity contribution in [2.24, 2.45) is 0 Å². The number of hydrogen-bond donors (Lipinski definition) is 2. The largest absolute Gasteiger partial charge is 0.451 e. The maximum atomic E-state index is 12.2. The molecule has 116 valence electrons. The molecule has 5 nitrogen and oxygen atoms in total. The van der Waals surface area contributed by atoms with Crippen molar-refractivity contribution in [3.05, 3.63) is 44.2 Å². The lowest BCUT2D eigenvalue weighted by Gasteiger charge is -2.23. The molecule has 1 aliphatic heterocycles. The predicted octanol–water partition coefficient (Wildman–Crippen LogP) is 2.58. The fourth-order valence-electron chi connectivity index (χ4n) is 2.49. The summed E-state index contributed by atoms with van der Waals surface area (Å²) >= 11 is 11.8. The van der Waals surface area contributed by atoms with Crippen molar-refractivity contribution in [1.82, 2.24) is 10.6 Å². The molecule has 1 amide bonds. The maximum Gasteiger partial charge on any atom is 0.287 e. The van der Waals surface area contributed by atoms with Gasteiger partial charge in [0.2, 0.25) is 0 Å². The van der Waals surface area contributed by atoms with Crippen molar-refractivity contribution in [1.29, 1.82) is 0 Å². The summed E-state index contributed by atoms with van der Waals surface area (Å²) in [7, 11) is 0. The van der Waals surface area contributed by atoms with Crippen molar-refractivity contribution in [3.63, 3.8) is 0 Å². The van der Waals surface area contributed by atoms with E-state index in [1.54, 1.807) is 0 Å². The minimum Gasteiger partial charge on any atom is -0.451 e. The molecular weight excluding hydrogens is 327 g/mol. The highest BCUT2D eigenvalue weighted by atomic mass is 35.5. The summed E-state index contributed by atoms with van der Waals surface area (Å²) in [4.78, 5) is 24.3. The summed E-state index contributed by atoms with van der Waals surface area (Å²) in [5, 5.41) is 6.95. The van der Waals surface area contributed by atoms with Crippen molar-refractivity contribution >= 4 is 40.1 Å². The highest BCUT2D eigenvalue weighted by Gasteiger charge is 2.19. The summed E-state index contributed by atoms with van der Waals surface area (Å²) in [6.07, 6.45) is 1.70. The Morgan fingerprint density at radius 3 is 2.59 bits per heavy atom. The van der Waals surface area contributed by atoms with Gasteiger partial charge in [-0.05, 0) is 32.0 Å². The summed E-state index contributed by atoms with van der Waals surface area (Å²) in [5.74, 6) is -0.411. The minimum absolute atomic E-state index is 0.0191. The number of rotatable bonds is 2. The number of fused-ring (bicyclic) bond motifs is 1. The second-order valence-electron chi connectivity index (χ2n) is 5.24. The van der Waals surface area contributed by atoms with Crippen LogP contribution in [0, 0.1) is 0 Å². The zero-order chi connectivity index (χ0) is 15.7. The normalized spacial score (nSPS) is 15.9. The standard InChI is InChI=1S/C15H14Cl2N2O3/c16-10-5-9-12(20)7-14(22-13(9)6-11(10)17)15(21)19-8-1-3-18-4-2-8/h5-8,18H,1-4H2,(H,19,21). The summed E-state index contributed by atoms with van der Waals surface area (Å²) in [6, 6.07) is 4.16. The van der Waals surface area contributed by atoms with Crippen molar-refractivity contribution in [2.75, 3.05) is 13.1 Å². The molecule has 0 atom stereocenters. The number of carbonyl (C=O) groups is 1. The van der Waals surface area contributed by atoms with E-state index in [1.807, 2.05) is 0 Å². The third-order valence-corrected chi connectivity index (χ3v) is 4.39. The van der Waals surface area contributed by atoms with Crippen LogP contribution in [0.2, 0.25) is 10.0 Å². The minimum atomic E-state index is -0.392. The average molecular weight is 341 g/mol. The molecule has 1 aromatic carbocycles. The highest BCUT2D eigenvalue weighted by Crippen LogP contribution is 2.26. The van der Waals surface area contributed by atoms with Crippen LogP contribution in [0.5, 0.6) is 0 Å². The van der Waals surface area contributed by atoms with Crippen LogP contribution < -0.4 is 16.1 Å². The van der Waals surface area contributed by atoms with Gasteiger partial charge < -0.3 is 15.1 Å². The summed E-state index contributed by atoms with van der Waals surface area (Å²) < 4.78 is 5.51. The number of amides is 1. The first-order valence-electron chi connectivity index (χ1n) is 6.99. The summed E-state index contributed by atoms with van der Waals surface area (Å²) in [5.41, 5.74) is -0.0763. The van der Waals surface area contributed by atoms with E-state index in [1.165, 1.54) is 18.2 Å². The molecule has 0 radical (unpaired) electrons. The second kappa shape index (κ2) is 6.28. The van der Waals surface area contributed by atoms with Crippen LogP contribution in [0.15, 0.2) is 27.4 Å². The fraction of sp³-hybridized carbons (Fsp3) is 0.333. The SMILES string of the molecule is O=C(NC1CCNCC1)c1cc(=O)c2cc(Cl)c(Cl)cc2o1. The highest BCUT2D eigenvalue weighted by molar-refractivity contribution is 6.42. The second-order valence-corrected chi connectivity index (χ2v) is 6.05. The Morgan fingerprint density at radius 1 is 1.18 bits per heavy atom. The quantitative estimate of drug-likeness (QED) is 0.881. The van der Waals surface area contributed by atoms with Gasteiger partial charge in [0.1, 0.15) is 5.58 Å². The van der Waals surface area contributed by atoms with Crippen LogP contribution in [0.1, 0.15) is 23.4 Å². The molecule has 2 aromatic rings. The van der Waals surface area contributed by atoms with Crippen LogP contribution >= 0.6 is 23.2 Å². The lowest BCUT2D eigenvalue weighted by Crippen LogP contribution is -2.42. The zero-order valence-corrected chi connectivity index (χ0v) is 13.1. The molecule has 0 spiro atoms. The van der Waals surface area contributed by atoms with E-state index in [0.29, 0.717) is 5.39 Å². The molecular formula is C15H14Cl2N2O3. The smallest absolute Gasteiger partial charge is 0.287 e. The first-order valence-corrected chi connectivity index (χ1v) is 7.74. The number of hydrogen-bond acceptors (Lipinski definition) is 4. The number of carbonyl (C=O) groups excluding carboxylic acids is 1. The van der Waals surface area contributed by atoms with Gasteiger partial charge in [-0.3, -0.25) is 9.59 Å². The molecule has 7 heteroatoms. The number of piperidine rings is 1. The van der Waals surface area contributed by atoms with Crippen LogP contribution in [0.4, 0.5) is 0 Å². The monoisotopic (exact) mass is 340 g/mol. The Balaban J connectivity index is 1.92. The van der Waals surface area contributed by atoms with Crippen molar-refractivity contribution in [3.8, 4) is 0 Å². The van der Waals surface area contributed by atoms with Gasteiger partial charge in [0.25, 0.3) is 5.91 Å². The van der Waals surface area contributed by atoms with Crippen molar-refractivity contribution in [2.45, 2.75) is 18.9 Å². The zero-order valence-electron chi connectivity index (χ0n) is 11.6. The topological polar surface area (TPSA) is 71.3 Å². The Hall–Kier alpha value is -1.56. The molecule has 0 aliphatic carbocycles. The van der Waals surface area contributed by atoms with Crippen molar-refractivity contribution < 1.29 is 9.21 Å². The maximum absolute atomic E-state index is 12.2. The Kier molecular flexibility index (Phi) is 4.38. The third-order valence-electron chi connectivity index (χ3n) is 3.67. The lowest BCUT2D eigenvalue weighted by molar-refractivity contribution is 0.0902. The van der Waals surface area contributed by atoms with Gasteiger partial charge in [-0.25, -0.2) is 0 Å². The van der Waals surface area contributed by atoms with E-state index in [4.69, 9.17) is 27.6 Å². The molecule has 2 heterocycles. The van der Waals surface area contributed by atoms with Crippen LogP contribution in [0.3, 0.4) is 0 Å². The van der Waals surface area contributed by atoms with E-state index in [9.17, 15) is 9.59 Å². The number of nitrogens with one attached hydrogen (secondary N) is 2. The van der Waals surface area contributed by atoms with Crippen LogP contribution in [0.25, 0.3) is 11.0 Å². The Morgan fingerprint density at radius 2 is 1.86 bits per heavy atom. The fourth-order valence-corrected chi connectivity index (χ4v) is 2.80. The molecule has 0 bridgehead atoms. The van der Waals surface area contributed by atoms with Crippen LogP contribution in [-0.4, -0.2) is 25.0 Å². The van der Waals surface area contributed by atoms with Gasteiger partial charge >= 0.3 is 0 Å². The van der Waals surface area contributed by atoms with Gasteiger partial charge in [0, 0.05) is 18.2 Å². The molecule has 1 saturated heterocycles. The molecule has 0 unspecified atom stereocenters. The molecule has 0 saturated carbocycles.